The molecule has 0 radical (unpaired) electrons. The van der Waals surface area contributed by atoms with E-state index in [-0.39, 0.29) is 35.5 Å². The third-order valence-corrected chi connectivity index (χ3v) is 5.50. The van der Waals surface area contributed by atoms with Crippen molar-refractivity contribution in [3.05, 3.63) is 68.4 Å². The first-order valence-electron chi connectivity index (χ1n) is 9.60. The van der Waals surface area contributed by atoms with Gasteiger partial charge in [-0.25, -0.2) is 4.39 Å². The fourth-order valence-corrected chi connectivity index (χ4v) is 3.79. The van der Waals surface area contributed by atoms with Gasteiger partial charge < -0.3 is 10.2 Å². The van der Waals surface area contributed by atoms with Crippen molar-refractivity contribution in [1.29, 1.82) is 0 Å². The normalized spacial score (nSPS) is 12.0. The van der Waals surface area contributed by atoms with Gasteiger partial charge in [0.1, 0.15) is 11.9 Å². The van der Waals surface area contributed by atoms with Crippen LogP contribution < -0.4 is 5.32 Å². The molecule has 0 saturated carbocycles. The van der Waals surface area contributed by atoms with E-state index in [4.69, 9.17) is 34.8 Å². The highest BCUT2D eigenvalue weighted by atomic mass is 35.5. The Morgan fingerprint density at radius 1 is 1.10 bits per heavy atom. The maximum absolute atomic E-state index is 14.3. The second-order valence-electron chi connectivity index (χ2n) is 7.22. The summed E-state index contributed by atoms with van der Waals surface area (Å²) >= 11 is 18.4. The number of carbonyl (C=O) groups excluding carboxylic acids is 2. The molecular formula is C22H24Cl3FN2O2. The van der Waals surface area contributed by atoms with Gasteiger partial charge in [-0.05, 0) is 50.1 Å². The Balaban J connectivity index is 2.40. The third kappa shape index (κ3) is 6.34. The van der Waals surface area contributed by atoms with Crippen LogP contribution in [0.25, 0.3) is 0 Å². The first kappa shape index (κ1) is 24.4. The molecule has 1 atom stereocenters. The summed E-state index contributed by atoms with van der Waals surface area (Å²) < 4.78 is 14.3. The Hall–Kier alpha value is -1.82. The van der Waals surface area contributed by atoms with E-state index < -0.39 is 17.8 Å². The predicted octanol–water partition coefficient (Wildman–Crippen LogP) is 5.66. The molecule has 30 heavy (non-hydrogen) atoms. The van der Waals surface area contributed by atoms with Gasteiger partial charge in [0.15, 0.2) is 0 Å². The number of hydrogen-bond donors (Lipinski definition) is 1. The molecule has 1 N–H and O–H groups in total. The Kier molecular flexibility index (Phi) is 8.95. The summed E-state index contributed by atoms with van der Waals surface area (Å²) in [4.78, 5) is 27.4. The molecule has 2 amide bonds. The average Bonchev–Trinajstić information content (AvgIpc) is 2.65. The SMILES string of the molecule is CC[C@H](C(=O)NC(C)C)N(Cc1ccc(Cl)cc1Cl)C(=O)Cc1c(F)cccc1Cl. The van der Waals surface area contributed by atoms with Crippen molar-refractivity contribution in [1.82, 2.24) is 10.2 Å². The average molecular weight is 474 g/mol. The van der Waals surface area contributed by atoms with E-state index in [9.17, 15) is 14.0 Å². The van der Waals surface area contributed by atoms with Gasteiger partial charge in [-0.3, -0.25) is 9.59 Å². The zero-order valence-corrected chi connectivity index (χ0v) is 19.3. The van der Waals surface area contributed by atoms with Gasteiger partial charge in [0.2, 0.25) is 11.8 Å². The smallest absolute Gasteiger partial charge is 0.243 e. The van der Waals surface area contributed by atoms with Gasteiger partial charge in [-0.15, -0.1) is 0 Å². The molecule has 0 aliphatic heterocycles. The van der Waals surface area contributed by atoms with Gasteiger partial charge >= 0.3 is 0 Å². The number of nitrogens with zero attached hydrogens (tertiary/aromatic N) is 1. The van der Waals surface area contributed by atoms with E-state index >= 15 is 0 Å². The minimum atomic E-state index is -0.753. The maximum Gasteiger partial charge on any atom is 0.243 e. The summed E-state index contributed by atoms with van der Waals surface area (Å²) in [6.07, 6.45) is 0.0999. The second kappa shape index (κ2) is 11.0. The van der Waals surface area contributed by atoms with Crippen LogP contribution in [0.4, 0.5) is 4.39 Å². The molecule has 0 bridgehead atoms. The van der Waals surface area contributed by atoms with Crippen molar-refractivity contribution < 1.29 is 14.0 Å². The van der Waals surface area contributed by atoms with E-state index in [1.54, 1.807) is 18.2 Å². The number of halogens is 4. The molecule has 4 nitrogen and oxygen atoms in total. The van der Waals surface area contributed by atoms with E-state index in [1.165, 1.54) is 23.1 Å². The van der Waals surface area contributed by atoms with Crippen LogP contribution in [0, 0.1) is 5.82 Å². The summed E-state index contributed by atoms with van der Waals surface area (Å²) in [7, 11) is 0. The fraction of sp³-hybridized carbons (Fsp3) is 0.364. The van der Waals surface area contributed by atoms with Crippen molar-refractivity contribution >= 4 is 46.6 Å². The van der Waals surface area contributed by atoms with Crippen molar-refractivity contribution in [2.24, 2.45) is 0 Å². The van der Waals surface area contributed by atoms with E-state index in [1.807, 2.05) is 20.8 Å². The lowest BCUT2D eigenvalue weighted by molar-refractivity contribution is -0.141. The lowest BCUT2D eigenvalue weighted by atomic mass is 10.1. The molecule has 0 saturated heterocycles. The molecule has 2 rings (SSSR count). The van der Waals surface area contributed by atoms with Crippen molar-refractivity contribution in [3.63, 3.8) is 0 Å². The maximum atomic E-state index is 14.3. The molecule has 162 valence electrons. The Morgan fingerprint density at radius 2 is 1.80 bits per heavy atom. The molecule has 0 spiro atoms. The van der Waals surface area contributed by atoms with Crippen LogP contribution in [0.1, 0.15) is 38.3 Å². The second-order valence-corrected chi connectivity index (χ2v) is 8.47. The summed E-state index contributed by atoms with van der Waals surface area (Å²) in [5.74, 6) is -1.29. The van der Waals surface area contributed by atoms with Gasteiger partial charge in [0, 0.05) is 33.2 Å². The first-order chi connectivity index (χ1) is 14.1. The monoisotopic (exact) mass is 472 g/mol. The Bertz CT molecular complexity index is 901. The van der Waals surface area contributed by atoms with Crippen LogP contribution in [0.15, 0.2) is 36.4 Å². The molecule has 0 fully saturated rings. The number of nitrogens with one attached hydrogen (secondary N) is 1. The number of rotatable bonds is 8. The van der Waals surface area contributed by atoms with Gasteiger partial charge in [0.25, 0.3) is 0 Å². The zero-order chi connectivity index (χ0) is 22.4. The van der Waals surface area contributed by atoms with E-state index in [0.717, 1.165) is 0 Å². The molecule has 0 heterocycles. The summed E-state index contributed by atoms with van der Waals surface area (Å²) in [6.45, 7) is 5.56. The Morgan fingerprint density at radius 3 is 2.37 bits per heavy atom. The molecule has 8 heteroatoms. The van der Waals surface area contributed by atoms with E-state index in [0.29, 0.717) is 22.0 Å². The molecule has 0 unspecified atom stereocenters. The quantitative estimate of drug-likeness (QED) is 0.538. The largest absolute Gasteiger partial charge is 0.352 e. The summed E-state index contributed by atoms with van der Waals surface area (Å²) in [5.41, 5.74) is 0.723. The van der Waals surface area contributed by atoms with Crippen LogP contribution >= 0.6 is 34.8 Å². The van der Waals surface area contributed by atoms with Crippen LogP contribution in [0.5, 0.6) is 0 Å². The highest BCUT2D eigenvalue weighted by molar-refractivity contribution is 6.35. The van der Waals surface area contributed by atoms with Gasteiger partial charge in [0.05, 0.1) is 6.42 Å². The van der Waals surface area contributed by atoms with Crippen LogP contribution in [0.3, 0.4) is 0 Å². The van der Waals surface area contributed by atoms with Crippen molar-refractivity contribution in [2.45, 2.75) is 52.2 Å². The standard InChI is InChI=1S/C22H24Cl3FN2O2/c1-4-20(22(30)27-13(2)3)28(12-14-8-9-15(23)10-18(14)25)21(29)11-16-17(24)6-5-7-19(16)26/h5-10,13,20H,4,11-12H2,1-3H3,(H,27,30)/t20-/m1/s1. The topological polar surface area (TPSA) is 49.4 Å². The van der Waals surface area contributed by atoms with Crippen LogP contribution in [0.2, 0.25) is 15.1 Å². The lowest BCUT2D eigenvalue weighted by Gasteiger charge is -2.31. The number of carbonyl (C=O) groups is 2. The first-order valence-corrected chi connectivity index (χ1v) is 10.7. The molecule has 2 aromatic carbocycles. The third-order valence-electron chi connectivity index (χ3n) is 4.56. The minimum absolute atomic E-state index is 0.0743. The number of benzene rings is 2. The Labute approximate surface area is 191 Å². The predicted molar refractivity (Wildman–Crippen MR) is 119 cm³/mol. The lowest BCUT2D eigenvalue weighted by Crippen LogP contribution is -2.50. The highest BCUT2D eigenvalue weighted by Gasteiger charge is 2.30. The fourth-order valence-electron chi connectivity index (χ4n) is 3.09. The highest BCUT2D eigenvalue weighted by Crippen LogP contribution is 2.25. The molecule has 0 aliphatic carbocycles. The minimum Gasteiger partial charge on any atom is -0.352 e. The number of amides is 2. The van der Waals surface area contributed by atoms with Crippen molar-refractivity contribution in [2.75, 3.05) is 0 Å². The number of hydrogen-bond acceptors (Lipinski definition) is 2. The molecule has 0 aromatic heterocycles. The van der Waals surface area contributed by atoms with Gasteiger partial charge in [-0.1, -0.05) is 53.9 Å². The van der Waals surface area contributed by atoms with Crippen molar-refractivity contribution in [3.8, 4) is 0 Å². The molecule has 2 aromatic rings. The molecular weight excluding hydrogens is 450 g/mol. The summed E-state index contributed by atoms with van der Waals surface area (Å²) in [6, 6.07) is 8.34. The van der Waals surface area contributed by atoms with Gasteiger partial charge in [-0.2, -0.15) is 0 Å². The zero-order valence-electron chi connectivity index (χ0n) is 17.0. The van der Waals surface area contributed by atoms with Crippen LogP contribution in [-0.2, 0) is 22.6 Å². The molecule has 0 aliphatic rings. The van der Waals surface area contributed by atoms with E-state index in [2.05, 4.69) is 5.32 Å². The van der Waals surface area contributed by atoms with Crippen LogP contribution in [-0.4, -0.2) is 28.8 Å². The summed E-state index contributed by atoms with van der Waals surface area (Å²) in [5, 5.41) is 3.84.